The van der Waals surface area contributed by atoms with Crippen molar-refractivity contribution in [2.75, 3.05) is 13.2 Å². The predicted octanol–water partition coefficient (Wildman–Crippen LogP) is 2.39. The Labute approximate surface area is 141 Å². The van der Waals surface area contributed by atoms with Crippen molar-refractivity contribution in [3.05, 3.63) is 56.8 Å². The minimum absolute atomic E-state index is 0.0398. The van der Waals surface area contributed by atoms with Crippen LogP contribution in [0.4, 0.5) is 0 Å². The molecule has 2 aliphatic heterocycles. The molecule has 0 fully saturated rings. The molecular weight excluding hydrogens is 302 g/mol. The van der Waals surface area contributed by atoms with Crippen molar-refractivity contribution in [2.24, 2.45) is 0 Å². The minimum atomic E-state index is 0.0398. The molecular formula is C19H23N3O2. The molecule has 2 aliphatic rings. The summed E-state index contributed by atoms with van der Waals surface area (Å²) in [6.45, 7) is 7.42. The number of ether oxygens (including phenoxy) is 1. The van der Waals surface area contributed by atoms with Gasteiger partial charge in [-0.15, -0.1) is 0 Å². The van der Waals surface area contributed by atoms with E-state index in [-0.39, 0.29) is 11.5 Å². The minimum Gasteiger partial charge on any atom is -0.493 e. The van der Waals surface area contributed by atoms with Crippen LogP contribution in [0.1, 0.15) is 48.0 Å². The van der Waals surface area contributed by atoms with Crippen LogP contribution in [0.25, 0.3) is 0 Å². The van der Waals surface area contributed by atoms with Crippen molar-refractivity contribution in [3.8, 4) is 5.75 Å². The number of aromatic amines is 1. The fourth-order valence-corrected chi connectivity index (χ4v) is 3.52. The standard InChI is InChI=1S/C19H23N3O2/c1-12(2)18-20-16-11-22(7-5-15(16)19(23)21-18)10-13-3-4-17-14(9-13)6-8-24-17/h3-4,9,12H,5-8,10-11H2,1-2H3,(H,20,21,23). The number of rotatable bonds is 3. The van der Waals surface area contributed by atoms with Gasteiger partial charge in [-0.25, -0.2) is 4.98 Å². The largest absolute Gasteiger partial charge is 0.493 e. The van der Waals surface area contributed by atoms with Gasteiger partial charge in [0.1, 0.15) is 11.6 Å². The third-order valence-corrected chi connectivity index (χ3v) is 4.88. The Kier molecular flexibility index (Phi) is 3.88. The molecule has 0 unspecified atom stereocenters. The summed E-state index contributed by atoms with van der Waals surface area (Å²) >= 11 is 0. The highest BCUT2D eigenvalue weighted by Gasteiger charge is 2.22. The van der Waals surface area contributed by atoms with E-state index >= 15 is 0 Å². The Bertz CT molecular complexity index is 826. The third-order valence-electron chi connectivity index (χ3n) is 4.88. The molecule has 0 amide bonds. The molecule has 5 nitrogen and oxygen atoms in total. The first kappa shape index (κ1) is 15.4. The van der Waals surface area contributed by atoms with Crippen molar-refractivity contribution >= 4 is 0 Å². The van der Waals surface area contributed by atoms with E-state index < -0.39 is 0 Å². The van der Waals surface area contributed by atoms with E-state index in [1.165, 1.54) is 11.1 Å². The lowest BCUT2D eigenvalue weighted by Gasteiger charge is -2.28. The number of fused-ring (bicyclic) bond motifs is 2. The maximum Gasteiger partial charge on any atom is 0.254 e. The summed E-state index contributed by atoms with van der Waals surface area (Å²) in [5.74, 6) is 2.04. The van der Waals surface area contributed by atoms with Crippen LogP contribution in [0.5, 0.6) is 5.75 Å². The zero-order chi connectivity index (χ0) is 16.7. The highest BCUT2D eigenvalue weighted by Crippen LogP contribution is 2.27. The summed E-state index contributed by atoms with van der Waals surface area (Å²) in [5, 5.41) is 0. The molecule has 126 valence electrons. The van der Waals surface area contributed by atoms with E-state index in [0.29, 0.717) is 0 Å². The molecule has 5 heteroatoms. The molecule has 1 N–H and O–H groups in total. The summed E-state index contributed by atoms with van der Waals surface area (Å²) in [6.07, 6.45) is 1.77. The van der Waals surface area contributed by atoms with Crippen LogP contribution in [0, 0.1) is 0 Å². The van der Waals surface area contributed by atoms with Gasteiger partial charge in [0, 0.05) is 37.5 Å². The second-order valence-electron chi connectivity index (χ2n) is 7.03. The summed E-state index contributed by atoms with van der Waals surface area (Å²) in [7, 11) is 0. The van der Waals surface area contributed by atoms with Gasteiger partial charge in [0.2, 0.25) is 0 Å². The Morgan fingerprint density at radius 1 is 1.33 bits per heavy atom. The van der Waals surface area contributed by atoms with Gasteiger partial charge in [0.15, 0.2) is 0 Å². The maximum absolute atomic E-state index is 12.3. The van der Waals surface area contributed by atoms with Crippen LogP contribution in [0.3, 0.4) is 0 Å². The topological polar surface area (TPSA) is 58.2 Å². The Balaban J connectivity index is 1.55. The van der Waals surface area contributed by atoms with Gasteiger partial charge in [-0.1, -0.05) is 26.0 Å². The van der Waals surface area contributed by atoms with Crippen molar-refractivity contribution in [3.63, 3.8) is 0 Å². The first-order valence-electron chi connectivity index (χ1n) is 8.69. The van der Waals surface area contributed by atoms with E-state index in [2.05, 4.69) is 41.9 Å². The van der Waals surface area contributed by atoms with E-state index in [4.69, 9.17) is 9.72 Å². The van der Waals surface area contributed by atoms with Crippen LogP contribution >= 0.6 is 0 Å². The highest BCUT2D eigenvalue weighted by molar-refractivity contribution is 5.39. The van der Waals surface area contributed by atoms with Crippen LogP contribution < -0.4 is 10.3 Å². The van der Waals surface area contributed by atoms with E-state index in [9.17, 15) is 4.79 Å². The molecule has 4 rings (SSSR count). The molecule has 0 bridgehead atoms. The van der Waals surface area contributed by atoms with Crippen molar-refractivity contribution in [1.82, 2.24) is 14.9 Å². The van der Waals surface area contributed by atoms with Crippen molar-refractivity contribution in [2.45, 2.75) is 45.7 Å². The molecule has 3 heterocycles. The summed E-state index contributed by atoms with van der Waals surface area (Å²) in [6, 6.07) is 6.47. The maximum atomic E-state index is 12.3. The number of nitrogens with one attached hydrogen (secondary N) is 1. The molecule has 24 heavy (non-hydrogen) atoms. The molecule has 0 radical (unpaired) electrons. The van der Waals surface area contributed by atoms with Crippen LogP contribution in [-0.2, 0) is 25.9 Å². The Morgan fingerprint density at radius 3 is 3.04 bits per heavy atom. The Hall–Kier alpha value is -2.14. The number of aromatic nitrogens is 2. The van der Waals surface area contributed by atoms with Gasteiger partial charge in [-0.2, -0.15) is 0 Å². The lowest BCUT2D eigenvalue weighted by Crippen LogP contribution is -2.35. The van der Waals surface area contributed by atoms with Crippen molar-refractivity contribution in [1.29, 1.82) is 0 Å². The fraction of sp³-hybridized carbons (Fsp3) is 0.474. The number of nitrogens with zero attached hydrogens (tertiary/aromatic N) is 2. The zero-order valence-corrected chi connectivity index (χ0v) is 14.3. The summed E-state index contributed by atoms with van der Waals surface area (Å²) in [5.41, 5.74) is 4.45. The number of benzene rings is 1. The van der Waals surface area contributed by atoms with Gasteiger partial charge in [0.25, 0.3) is 5.56 Å². The van der Waals surface area contributed by atoms with E-state index in [1.54, 1.807) is 0 Å². The second kappa shape index (κ2) is 6.06. The molecule has 0 atom stereocenters. The van der Waals surface area contributed by atoms with Crippen LogP contribution in [0.15, 0.2) is 23.0 Å². The smallest absolute Gasteiger partial charge is 0.254 e. The predicted molar refractivity (Wildman–Crippen MR) is 92.4 cm³/mol. The van der Waals surface area contributed by atoms with Crippen molar-refractivity contribution < 1.29 is 4.74 Å². The first-order valence-corrected chi connectivity index (χ1v) is 8.69. The summed E-state index contributed by atoms with van der Waals surface area (Å²) in [4.78, 5) is 22.3. The number of hydrogen-bond donors (Lipinski definition) is 1. The zero-order valence-electron chi connectivity index (χ0n) is 14.3. The second-order valence-corrected chi connectivity index (χ2v) is 7.03. The third kappa shape index (κ3) is 2.84. The number of hydrogen-bond acceptors (Lipinski definition) is 4. The highest BCUT2D eigenvalue weighted by atomic mass is 16.5. The molecule has 0 saturated heterocycles. The SMILES string of the molecule is CC(C)c1nc2c(c(=O)[nH]1)CCN(Cc1ccc3c(c1)CCO3)C2. The van der Waals surface area contributed by atoms with E-state index in [1.807, 2.05) is 0 Å². The fourth-order valence-electron chi connectivity index (χ4n) is 3.52. The van der Waals surface area contributed by atoms with Crippen LogP contribution in [-0.4, -0.2) is 28.0 Å². The van der Waals surface area contributed by atoms with Gasteiger partial charge in [-0.05, 0) is 23.6 Å². The molecule has 1 aromatic carbocycles. The van der Waals surface area contributed by atoms with Crippen LogP contribution in [0.2, 0.25) is 0 Å². The molecule has 0 spiro atoms. The molecule has 1 aromatic heterocycles. The van der Waals surface area contributed by atoms with Gasteiger partial charge in [-0.3, -0.25) is 9.69 Å². The first-order chi connectivity index (χ1) is 11.6. The monoisotopic (exact) mass is 325 g/mol. The Morgan fingerprint density at radius 2 is 2.21 bits per heavy atom. The number of H-pyrrole nitrogens is 1. The quantitative estimate of drug-likeness (QED) is 0.941. The average Bonchev–Trinajstić information content (AvgIpc) is 3.02. The van der Waals surface area contributed by atoms with Gasteiger partial charge in [0.05, 0.1) is 12.3 Å². The molecule has 2 aromatic rings. The lowest BCUT2D eigenvalue weighted by molar-refractivity contribution is 0.240. The summed E-state index contributed by atoms with van der Waals surface area (Å²) < 4.78 is 5.58. The normalized spacial score (nSPS) is 16.8. The lowest BCUT2D eigenvalue weighted by atomic mass is 10.0. The van der Waals surface area contributed by atoms with E-state index in [0.717, 1.165) is 61.9 Å². The van der Waals surface area contributed by atoms with Gasteiger partial charge >= 0.3 is 0 Å². The average molecular weight is 325 g/mol. The molecule has 0 saturated carbocycles. The molecule has 0 aliphatic carbocycles. The van der Waals surface area contributed by atoms with Gasteiger partial charge < -0.3 is 9.72 Å².